The number of amides is 1. The molecule has 3 nitrogen and oxygen atoms in total. The molecular weight excluding hydrogens is 142 g/mol. The SMILES string of the molecule is O=C1CCC2(CCOCC2)N1. The van der Waals surface area contributed by atoms with Gasteiger partial charge in [-0.1, -0.05) is 0 Å². The third-order valence-corrected chi connectivity index (χ3v) is 2.69. The zero-order chi connectivity index (χ0) is 7.73. The molecular formula is C8H13NO2. The van der Waals surface area contributed by atoms with Crippen molar-refractivity contribution >= 4 is 5.91 Å². The highest BCUT2D eigenvalue weighted by Gasteiger charge is 2.38. The van der Waals surface area contributed by atoms with Gasteiger partial charge in [-0.25, -0.2) is 0 Å². The molecule has 11 heavy (non-hydrogen) atoms. The Bertz CT molecular complexity index is 173. The van der Waals surface area contributed by atoms with Crippen LogP contribution in [0.15, 0.2) is 0 Å². The van der Waals surface area contributed by atoms with E-state index in [1.807, 2.05) is 0 Å². The number of carbonyl (C=O) groups excluding carboxylic acids is 1. The third-order valence-electron chi connectivity index (χ3n) is 2.69. The molecule has 1 N–H and O–H groups in total. The lowest BCUT2D eigenvalue weighted by atomic mass is 9.89. The van der Waals surface area contributed by atoms with Crippen molar-refractivity contribution in [3.63, 3.8) is 0 Å². The molecule has 1 spiro atoms. The van der Waals surface area contributed by atoms with Crippen molar-refractivity contribution in [2.45, 2.75) is 31.2 Å². The van der Waals surface area contributed by atoms with Gasteiger partial charge in [0, 0.05) is 25.2 Å². The highest BCUT2D eigenvalue weighted by Crippen LogP contribution is 2.29. The fourth-order valence-electron chi connectivity index (χ4n) is 1.91. The molecule has 2 aliphatic rings. The van der Waals surface area contributed by atoms with Crippen molar-refractivity contribution in [1.82, 2.24) is 5.32 Å². The standard InChI is InChI=1S/C8H13NO2/c10-7-1-2-8(9-7)3-5-11-6-4-8/h1-6H2,(H,9,10). The lowest BCUT2D eigenvalue weighted by molar-refractivity contribution is -0.120. The molecule has 2 fully saturated rings. The Balaban J connectivity index is 2.03. The van der Waals surface area contributed by atoms with Crippen molar-refractivity contribution in [3.05, 3.63) is 0 Å². The molecule has 1 amide bonds. The summed E-state index contributed by atoms with van der Waals surface area (Å²) in [6.07, 6.45) is 3.71. The number of carbonyl (C=O) groups is 1. The summed E-state index contributed by atoms with van der Waals surface area (Å²) in [4.78, 5) is 11.0. The number of hydrogen-bond donors (Lipinski definition) is 1. The van der Waals surface area contributed by atoms with Crippen molar-refractivity contribution < 1.29 is 9.53 Å². The van der Waals surface area contributed by atoms with Crippen molar-refractivity contribution in [1.29, 1.82) is 0 Å². The van der Waals surface area contributed by atoms with Gasteiger partial charge in [0.25, 0.3) is 0 Å². The van der Waals surface area contributed by atoms with Crippen LogP contribution in [0.2, 0.25) is 0 Å². The van der Waals surface area contributed by atoms with E-state index >= 15 is 0 Å². The van der Waals surface area contributed by atoms with Crippen LogP contribution in [-0.2, 0) is 9.53 Å². The van der Waals surface area contributed by atoms with Gasteiger partial charge in [-0.2, -0.15) is 0 Å². The summed E-state index contributed by atoms with van der Waals surface area (Å²) in [5.41, 5.74) is 0.120. The summed E-state index contributed by atoms with van der Waals surface area (Å²) in [6, 6.07) is 0. The predicted octanol–water partition coefficient (Wildman–Crippen LogP) is 0.446. The maximum atomic E-state index is 11.0. The van der Waals surface area contributed by atoms with Crippen LogP contribution in [0.3, 0.4) is 0 Å². The minimum atomic E-state index is 0.120. The zero-order valence-electron chi connectivity index (χ0n) is 6.56. The number of nitrogens with one attached hydrogen (secondary N) is 1. The maximum Gasteiger partial charge on any atom is 0.220 e. The molecule has 2 rings (SSSR count). The number of ether oxygens (including phenoxy) is 1. The fourth-order valence-corrected chi connectivity index (χ4v) is 1.91. The van der Waals surface area contributed by atoms with Crippen molar-refractivity contribution in [2.24, 2.45) is 0 Å². The van der Waals surface area contributed by atoms with Gasteiger partial charge in [0.1, 0.15) is 0 Å². The fraction of sp³-hybridized carbons (Fsp3) is 0.875. The molecule has 0 aromatic carbocycles. The largest absolute Gasteiger partial charge is 0.381 e. The summed E-state index contributed by atoms with van der Waals surface area (Å²) in [5.74, 6) is 0.215. The van der Waals surface area contributed by atoms with Crippen LogP contribution in [0.5, 0.6) is 0 Å². The smallest absolute Gasteiger partial charge is 0.220 e. The molecule has 0 unspecified atom stereocenters. The molecule has 0 radical (unpaired) electrons. The second-order valence-electron chi connectivity index (χ2n) is 3.44. The van der Waals surface area contributed by atoms with E-state index < -0.39 is 0 Å². The van der Waals surface area contributed by atoms with Crippen LogP contribution in [0.1, 0.15) is 25.7 Å². The van der Waals surface area contributed by atoms with Crippen LogP contribution in [-0.4, -0.2) is 24.7 Å². The van der Waals surface area contributed by atoms with Crippen LogP contribution < -0.4 is 5.32 Å². The predicted molar refractivity (Wildman–Crippen MR) is 40.2 cm³/mol. The summed E-state index contributed by atoms with van der Waals surface area (Å²) < 4.78 is 5.24. The molecule has 0 aliphatic carbocycles. The Labute approximate surface area is 66.1 Å². The van der Waals surface area contributed by atoms with Gasteiger partial charge >= 0.3 is 0 Å². The molecule has 0 aromatic rings. The number of hydrogen-bond acceptors (Lipinski definition) is 2. The second-order valence-corrected chi connectivity index (χ2v) is 3.44. The van der Waals surface area contributed by atoms with E-state index in [4.69, 9.17) is 4.74 Å². The van der Waals surface area contributed by atoms with E-state index in [0.29, 0.717) is 6.42 Å². The minimum Gasteiger partial charge on any atom is -0.381 e. The molecule has 2 aliphatic heterocycles. The Kier molecular flexibility index (Phi) is 1.60. The molecule has 3 heteroatoms. The lowest BCUT2D eigenvalue weighted by Gasteiger charge is -2.32. The highest BCUT2D eigenvalue weighted by atomic mass is 16.5. The van der Waals surface area contributed by atoms with Gasteiger partial charge in [-0.15, -0.1) is 0 Å². The first kappa shape index (κ1) is 7.10. The van der Waals surface area contributed by atoms with Gasteiger partial charge in [-0.05, 0) is 19.3 Å². The van der Waals surface area contributed by atoms with E-state index in [1.165, 1.54) is 0 Å². The van der Waals surface area contributed by atoms with Gasteiger partial charge < -0.3 is 10.1 Å². The van der Waals surface area contributed by atoms with Crippen molar-refractivity contribution in [2.75, 3.05) is 13.2 Å². The molecule has 0 aromatic heterocycles. The van der Waals surface area contributed by atoms with E-state index in [1.54, 1.807) is 0 Å². The van der Waals surface area contributed by atoms with Crippen LogP contribution in [0.4, 0.5) is 0 Å². The summed E-state index contributed by atoms with van der Waals surface area (Å²) in [7, 11) is 0. The quantitative estimate of drug-likeness (QED) is 0.551. The third kappa shape index (κ3) is 1.25. The van der Waals surface area contributed by atoms with E-state index in [9.17, 15) is 4.79 Å². The van der Waals surface area contributed by atoms with E-state index in [2.05, 4.69) is 5.32 Å². The molecule has 2 saturated heterocycles. The molecule has 0 atom stereocenters. The number of rotatable bonds is 0. The molecule has 0 bridgehead atoms. The zero-order valence-corrected chi connectivity index (χ0v) is 6.56. The first-order valence-electron chi connectivity index (χ1n) is 4.20. The summed E-state index contributed by atoms with van der Waals surface area (Å²) >= 11 is 0. The summed E-state index contributed by atoms with van der Waals surface area (Å²) in [6.45, 7) is 1.61. The van der Waals surface area contributed by atoms with Crippen molar-refractivity contribution in [3.8, 4) is 0 Å². The highest BCUT2D eigenvalue weighted by molar-refractivity contribution is 5.79. The van der Waals surface area contributed by atoms with Gasteiger partial charge in [0.05, 0.1) is 0 Å². The van der Waals surface area contributed by atoms with E-state index in [-0.39, 0.29) is 11.4 Å². The van der Waals surface area contributed by atoms with Crippen LogP contribution >= 0.6 is 0 Å². The molecule has 0 saturated carbocycles. The Hall–Kier alpha value is -0.570. The minimum absolute atomic E-state index is 0.120. The monoisotopic (exact) mass is 155 g/mol. The van der Waals surface area contributed by atoms with Gasteiger partial charge in [-0.3, -0.25) is 4.79 Å². The van der Waals surface area contributed by atoms with E-state index in [0.717, 1.165) is 32.5 Å². The summed E-state index contributed by atoms with van der Waals surface area (Å²) in [5, 5.41) is 3.05. The molecule has 62 valence electrons. The topological polar surface area (TPSA) is 38.3 Å². The average Bonchev–Trinajstić information content (AvgIpc) is 2.34. The Morgan fingerprint density at radius 2 is 2.00 bits per heavy atom. The lowest BCUT2D eigenvalue weighted by Crippen LogP contribution is -2.45. The maximum absolute atomic E-state index is 11.0. The average molecular weight is 155 g/mol. The Morgan fingerprint density at radius 3 is 2.55 bits per heavy atom. The first-order chi connectivity index (χ1) is 5.31. The normalized spacial score (nSPS) is 28.9. The van der Waals surface area contributed by atoms with Gasteiger partial charge in [0.15, 0.2) is 0 Å². The van der Waals surface area contributed by atoms with Gasteiger partial charge in [0.2, 0.25) is 5.91 Å². The van der Waals surface area contributed by atoms with Crippen LogP contribution in [0.25, 0.3) is 0 Å². The molecule has 2 heterocycles. The Morgan fingerprint density at radius 1 is 1.27 bits per heavy atom. The first-order valence-corrected chi connectivity index (χ1v) is 4.20. The second kappa shape index (κ2) is 2.48. The van der Waals surface area contributed by atoms with Crippen LogP contribution in [0, 0.1) is 0 Å².